The number of hydrogen-bond acceptors (Lipinski definition) is 4. The molecule has 0 bridgehead atoms. The number of hydrogen-bond donors (Lipinski definition) is 0. The second-order valence-corrected chi connectivity index (χ2v) is 4.21. The third-order valence-electron chi connectivity index (χ3n) is 1.08. The van der Waals surface area contributed by atoms with Gasteiger partial charge in [0.25, 0.3) is 0 Å². The molecule has 0 aromatic rings. The normalized spacial score (nSPS) is 9.47. The molecule has 0 atom stereocenters. The van der Waals surface area contributed by atoms with Crippen molar-refractivity contribution in [1.29, 1.82) is 0 Å². The molecule has 0 heterocycles. The van der Waals surface area contributed by atoms with E-state index in [4.69, 9.17) is 12.9 Å². The van der Waals surface area contributed by atoms with Crippen LogP contribution in [0.2, 0.25) is 0 Å². The van der Waals surface area contributed by atoms with E-state index in [1.165, 1.54) is 0 Å². The van der Waals surface area contributed by atoms with Crippen molar-refractivity contribution in [2.75, 3.05) is 19.4 Å². The van der Waals surface area contributed by atoms with Gasteiger partial charge < -0.3 is 22.9 Å². The molecule has 0 rings (SSSR count). The Balaban J connectivity index is -0.000000318. The van der Waals surface area contributed by atoms with E-state index in [0.29, 0.717) is 25.8 Å². The Morgan fingerprint density at radius 2 is 1.47 bits per heavy atom. The fraction of sp³-hybridized carbons (Fsp3) is 0.778. The van der Waals surface area contributed by atoms with Gasteiger partial charge in [-0.1, -0.05) is 0 Å². The van der Waals surface area contributed by atoms with Crippen LogP contribution in [0.1, 0.15) is 27.2 Å². The minimum absolute atomic E-state index is 0.411. The molecule has 0 N–H and O–H groups in total. The van der Waals surface area contributed by atoms with Crippen LogP contribution in [0.15, 0.2) is 0 Å². The van der Waals surface area contributed by atoms with Crippen LogP contribution in [0.4, 0.5) is 0 Å². The maximum atomic E-state index is 11.5. The van der Waals surface area contributed by atoms with Gasteiger partial charge in [-0.15, -0.1) is 0 Å². The summed E-state index contributed by atoms with van der Waals surface area (Å²) in [6.07, 6.45) is 0.992. The molecule has 0 aromatic carbocycles. The summed E-state index contributed by atoms with van der Waals surface area (Å²) in [6.45, 7) is 13.1. The predicted octanol–water partition coefficient (Wildman–Crippen LogP) is 3.20. The van der Waals surface area contributed by atoms with Gasteiger partial charge in [0.2, 0.25) is 0 Å². The van der Waals surface area contributed by atoms with Crippen LogP contribution in [0, 0.1) is 13.8 Å². The predicted molar refractivity (Wildman–Crippen MR) is 57.4 cm³/mol. The van der Waals surface area contributed by atoms with Crippen molar-refractivity contribution in [3.63, 3.8) is 0 Å². The summed E-state index contributed by atoms with van der Waals surface area (Å²) >= 11 is 2.31. The van der Waals surface area contributed by atoms with Crippen molar-refractivity contribution in [2.45, 2.75) is 27.2 Å². The Hall–Kier alpha value is 0.456. The molecular weight excluding hydrogens is 262 g/mol. The molecule has 0 aliphatic carbocycles. The first kappa shape index (κ1) is 20.8. The zero-order valence-corrected chi connectivity index (χ0v) is 11.6. The standard InChI is InChI=1S/C7H16O3P.C2H5.Co.O/c1-4-7-11(8,9-5-2)10-6-3;1-2;;/h1,4-7H2,2-3H3;1H2,2H3;;/q2*-1;;. The van der Waals surface area contributed by atoms with Crippen molar-refractivity contribution in [1.82, 2.24) is 0 Å². The molecule has 0 unspecified atom stereocenters. The Bertz CT molecular complexity index is 131. The summed E-state index contributed by atoms with van der Waals surface area (Å²) in [4.78, 5) is 0. The number of rotatable bonds is 6. The van der Waals surface area contributed by atoms with Gasteiger partial charge in [0, 0.05) is 6.16 Å². The molecule has 0 aliphatic rings. The molecule has 0 saturated heterocycles. The molecule has 0 radical (unpaired) electrons. The third kappa shape index (κ3) is 14.5. The van der Waals surface area contributed by atoms with Gasteiger partial charge in [-0.25, -0.2) is 0 Å². The van der Waals surface area contributed by atoms with Crippen LogP contribution in [0.25, 0.3) is 0 Å². The van der Waals surface area contributed by atoms with E-state index in [2.05, 4.69) is 29.5 Å². The molecule has 97 valence electrons. The topological polar surface area (TPSA) is 52.6 Å². The van der Waals surface area contributed by atoms with Gasteiger partial charge in [-0.3, -0.25) is 4.57 Å². The Morgan fingerprint density at radius 3 is 1.67 bits per heavy atom. The van der Waals surface area contributed by atoms with Crippen LogP contribution in [0.3, 0.4) is 0 Å². The molecule has 0 fully saturated rings. The Kier molecular flexibility index (Phi) is 23.4. The first-order valence-corrected chi connectivity index (χ1v) is 6.85. The van der Waals surface area contributed by atoms with Crippen molar-refractivity contribution >= 4 is 7.60 Å². The molecule has 6 heteroatoms. The molecule has 0 spiro atoms. The zero-order valence-electron chi connectivity index (χ0n) is 9.66. The summed E-state index contributed by atoms with van der Waals surface area (Å²) in [5, 5.41) is 0. The van der Waals surface area contributed by atoms with Gasteiger partial charge >= 0.3 is 27.1 Å². The van der Waals surface area contributed by atoms with Crippen molar-refractivity contribution in [3.05, 3.63) is 13.8 Å². The van der Waals surface area contributed by atoms with E-state index in [-0.39, 0.29) is 0 Å². The van der Waals surface area contributed by atoms with Gasteiger partial charge in [0.1, 0.15) is 0 Å². The summed E-state index contributed by atoms with van der Waals surface area (Å²) in [5.74, 6) is 0. The summed E-state index contributed by atoms with van der Waals surface area (Å²) in [6, 6.07) is 0. The van der Waals surface area contributed by atoms with Gasteiger partial charge in [0.05, 0.1) is 13.2 Å². The fourth-order valence-corrected chi connectivity index (χ4v) is 2.26. The van der Waals surface area contributed by atoms with E-state index in [0.717, 1.165) is 0 Å². The molecular formula is C9H21CoO4P-2. The van der Waals surface area contributed by atoms with Crippen LogP contribution in [-0.4, -0.2) is 19.4 Å². The van der Waals surface area contributed by atoms with Crippen molar-refractivity contribution < 1.29 is 33.1 Å². The van der Waals surface area contributed by atoms with E-state index >= 15 is 0 Å². The van der Waals surface area contributed by atoms with Gasteiger partial charge in [-0.05, 0) is 13.8 Å². The van der Waals surface area contributed by atoms with Crippen LogP contribution < -0.4 is 0 Å². The Morgan fingerprint density at radius 1 is 1.13 bits per heavy atom. The van der Waals surface area contributed by atoms with E-state index in [1.807, 2.05) is 0 Å². The molecule has 0 aromatic heterocycles. The fourth-order valence-electron chi connectivity index (χ4n) is 0.753. The first-order valence-electron chi connectivity index (χ1n) is 4.70. The summed E-state index contributed by atoms with van der Waals surface area (Å²) in [5.41, 5.74) is 0. The van der Waals surface area contributed by atoms with Crippen LogP contribution in [0.5, 0.6) is 0 Å². The van der Waals surface area contributed by atoms with Crippen molar-refractivity contribution in [3.8, 4) is 0 Å². The average Bonchev–Trinajstić information content (AvgIpc) is 2.24. The van der Waals surface area contributed by atoms with E-state index < -0.39 is 7.60 Å². The van der Waals surface area contributed by atoms with Crippen molar-refractivity contribution in [2.24, 2.45) is 0 Å². The second-order valence-electron chi connectivity index (χ2n) is 2.02. The van der Waals surface area contributed by atoms with Crippen LogP contribution >= 0.6 is 7.60 Å². The quantitative estimate of drug-likeness (QED) is 0.555. The SMILES string of the molecule is [CH2-]C.[CH2-]CCP(=O)(OCC)OCC.[O]=[Co]. The monoisotopic (exact) mass is 283 g/mol. The van der Waals surface area contributed by atoms with E-state index in [9.17, 15) is 4.57 Å². The molecule has 4 nitrogen and oxygen atoms in total. The summed E-state index contributed by atoms with van der Waals surface area (Å²) in [7, 11) is -2.78. The zero-order chi connectivity index (χ0) is 12.7. The average molecular weight is 283 g/mol. The van der Waals surface area contributed by atoms with E-state index in [1.54, 1.807) is 20.8 Å². The van der Waals surface area contributed by atoms with Gasteiger partial charge in [-0.2, -0.15) is 13.3 Å². The first-order chi connectivity index (χ1) is 7.18. The maximum absolute atomic E-state index is 11.5. The molecule has 0 amide bonds. The molecule has 15 heavy (non-hydrogen) atoms. The molecule has 0 aliphatic heterocycles. The second kappa shape index (κ2) is 16.9. The molecule has 0 saturated carbocycles. The Labute approximate surface area is 101 Å². The van der Waals surface area contributed by atoms with Crippen LogP contribution in [-0.2, 0) is 33.1 Å². The van der Waals surface area contributed by atoms with Gasteiger partial charge in [0.15, 0.2) is 0 Å². The third-order valence-corrected chi connectivity index (χ3v) is 3.25. The minimum atomic E-state index is -2.78. The summed E-state index contributed by atoms with van der Waals surface area (Å²) < 4.78 is 29.5.